The zero-order valence-electron chi connectivity index (χ0n) is 14.9. The maximum atomic E-state index is 15.2. The van der Waals surface area contributed by atoms with Crippen LogP contribution in [0.3, 0.4) is 0 Å². The number of benzene rings is 2. The van der Waals surface area contributed by atoms with Crippen molar-refractivity contribution >= 4 is 16.8 Å². The molecule has 0 saturated heterocycles. The van der Waals surface area contributed by atoms with Gasteiger partial charge < -0.3 is 16.0 Å². The summed E-state index contributed by atoms with van der Waals surface area (Å²) >= 11 is 0. The van der Waals surface area contributed by atoms with Gasteiger partial charge in [0.1, 0.15) is 11.5 Å². The van der Waals surface area contributed by atoms with E-state index in [4.69, 9.17) is 5.73 Å². The van der Waals surface area contributed by atoms with Crippen molar-refractivity contribution in [3.63, 3.8) is 0 Å². The van der Waals surface area contributed by atoms with Gasteiger partial charge >= 0.3 is 6.18 Å². The van der Waals surface area contributed by atoms with E-state index in [9.17, 15) is 18.0 Å². The first-order valence-corrected chi connectivity index (χ1v) is 8.73. The molecule has 2 heterocycles. The summed E-state index contributed by atoms with van der Waals surface area (Å²) in [6, 6.07) is 6.27. The average molecular weight is 391 g/mol. The SMILES string of the molecule is Cc1c(C(F)(F)F)[nH]c2c(C(N)=O)cc(F)c(-c3cccc4c3CCNC4)c12. The molecule has 1 aliphatic heterocycles. The van der Waals surface area contributed by atoms with Crippen LogP contribution in [-0.4, -0.2) is 17.4 Å². The van der Waals surface area contributed by atoms with E-state index in [1.54, 1.807) is 12.1 Å². The third-order valence-corrected chi connectivity index (χ3v) is 5.24. The molecular weight excluding hydrogens is 374 g/mol. The predicted molar refractivity (Wildman–Crippen MR) is 97.4 cm³/mol. The van der Waals surface area contributed by atoms with Crippen molar-refractivity contribution < 1.29 is 22.4 Å². The van der Waals surface area contributed by atoms with Crippen LogP contribution >= 0.6 is 0 Å². The summed E-state index contributed by atoms with van der Waals surface area (Å²) in [5.41, 5.74) is 6.19. The highest BCUT2D eigenvalue weighted by atomic mass is 19.4. The smallest absolute Gasteiger partial charge is 0.366 e. The number of nitrogens with one attached hydrogen (secondary N) is 2. The molecule has 28 heavy (non-hydrogen) atoms. The highest BCUT2D eigenvalue weighted by Crippen LogP contribution is 2.43. The van der Waals surface area contributed by atoms with E-state index in [1.807, 2.05) is 6.07 Å². The molecule has 4 rings (SSSR count). The highest BCUT2D eigenvalue weighted by Gasteiger charge is 2.37. The molecule has 8 heteroatoms. The van der Waals surface area contributed by atoms with Crippen LogP contribution in [0.5, 0.6) is 0 Å². The number of aryl methyl sites for hydroxylation is 1. The Bertz CT molecular complexity index is 1120. The van der Waals surface area contributed by atoms with Gasteiger partial charge in [-0.1, -0.05) is 18.2 Å². The molecule has 0 spiro atoms. The average Bonchev–Trinajstić information content (AvgIpc) is 2.98. The number of halogens is 4. The number of hydrogen-bond donors (Lipinski definition) is 3. The predicted octanol–water partition coefficient (Wildman–Crippen LogP) is 4.05. The lowest BCUT2D eigenvalue weighted by atomic mass is 9.88. The molecule has 2 aromatic carbocycles. The van der Waals surface area contributed by atoms with Gasteiger partial charge in [0, 0.05) is 17.5 Å². The van der Waals surface area contributed by atoms with Crippen molar-refractivity contribution in [1.82, 2.24) is 10.3 Å². The quantitative estimate of drug-likeness (QED) is 0.577. The standard InChI is InChI=1S/C20H17F4N3O/c1-9-15-16(12-4-2-3-10-8-26-6-5-11(10)12)14(21)7-13(19(25)28)17(15)27-18(9)20(22,23)24/h2-4,7,26-27H,5-6,8H2,1H3,(H2,25,28). The Kier molecular flexibility index (Phi) is 4.19. The molecule has 0 aliphatic carbocycles. The summed E-state index contributed by atoms with van der Waals surface area (Å²) in [5, 5.41) is 3.26. The Morgan fingerprint density at radius 3 is 2.68 bits per heavy atom. The second kappa shape index (κ2) is 6.34. The summed E-state index contributed by atoms with van der Waals surface area (Å²) in [6.07, 6.45) is -4.05. The van der Waals surface area contributed by atoms with Crippen LogP contribution in [0.15, 0.2) is 24.3 Å². The summed E-state index contributed by atoms with van der Waals surface area (Å²) in [4.78, 5) is 14.0. The van der Waals surface area contributed by atoms with Gasteiger partial charge in [0.15, 0.2) is 0 Å². The second-order valence-corrected chi connectivity index (χ2v) is 6.89. The van der Waals surface area contributed by atoms with Gasteiger partial charge in [-0.25, -0.2) is 4.39 Å². The van der Waals surface area contributed by atoms with Crippen molar-refractivity contribution in [1.29, 1.82) is 0 Å². The summed E-state index contributed by atoms with van der Waals surface area (Å²) in [5.74, 6) is -1.77. The minimum absolute atomic E-state index is 0.0352. The molecule has 1 aliphatic rings. The monoisotopic (exact) mass is 391 g/mol. The number of aromatic amines is 1. The van der Waals surface area contributed by atoms with Gasteiger partial charge in [-0.15, -0.1) is 0 Å². The fourth-order valence-electron chi connectivity index (χ4n) is 4.01. The minimum Gasteiger partial charge on any atom is -0.366 e. The van der Waals surface area contributed by atoms with Crippen molar-refractivity contribution in [3.8, 4) is 11.1 Å². The number of rotatable bonds is 2. The molecule has 0 saturated carbocycles. The van der Waals surface area contributed by atoms with Crippen molar-refractivity contribution in [2.75, 3.05) is 6.54 Å². The van der Waals surface area contributed by atoms with Crippen LogP contribution in [0.4, 0.5) is 17.6 Å². The van der Waals surface area contributed by atoms with Crippen LogP contribution in [0.2, 0.25) is 0 Å². The zero-order valence-corrected chi connectivity index (χ0v) is 14.9. The fourth-order valence-corrected chi connectivity index (χ4v) is 4.01. The third-order valence-electron chi connectivity index (χ3n) is 5.24. The first-order chi connectivity index (χ1) is 13.2. The maximum Gasteiger partial charge on any atom is 0.431 e. The molecule has 1 aromatic heterocycles. The molecule has 0 atom stereocenters. The van der Waals surface area contributed by atoms with E-state index in [0.29, 0.717) is 25.1 Å². The van der Waals surface area contributed by atoms with Crippen molar-refractivity contribution in [2.24, 2.45) is 5.73 Å². The minimum atomic E-state index is -4.67. The van der Waals surface area contributed by atoms with Crippen LogP contribution in [0.25, 0.3) is 22.0 Å². The van der Waals surface area contributed by atoms with Crippen molar-refractivity contribution in [3.05, 3.63) is 58.0 Å². The van der Waals surface area contributed by atoms with E-state index in [-0.39, 0.29) is 27.6 Å². The lowest BCUT2D eigenvalue weighted by molar-refractivity contribution is -0.141. The summed E-state index contributed by atoms with van der Waals surface area (Å²) < 4.78 is 55.6. The van der Waals surface area contributed by atoms with Gasteiger partial charge in [-0.2, -0.15) is 13.2 Å². The summed E-state index contributed by atoms with van der Waals surface area (Å²) in [7, 11) is 0. The Hall–Kier alpha value is -2.87. The number of nitrogens with two attached hydrogens (primary N) is 1. The number of primary amides is 1. The molecular formula is C20H17F4N3O. The number of aromatic nitrogens is 1. The highest BCUT2D eigenvalue weighted by molar-refractivity contribution is 6.11. The van der Waals surface area contributed by atoms with Crippen LogP contribution < -0.4 is 11.1 Å². The molecule has 3 aromatic rings. The largest absolute Gasteiger partial charge is 0.431 e. The molecule has 4 N–H and O–H groups in total. The van der Waals surface area contributed by atoms with Gasteiger partial charge in [0.05, 0.1) is 11.1 Å². The van der Waals surface area contributed by atoms with E-state index in [1.165, 1.54) is 6.92 Å². The molecule has 146 valence electrons. The molecule has 0 bridgehead atoms. The van der Waals surface area contributed by atoms with Gasteiger partial charge in [0.25, 0.3) is 5.91 Å². The molecule has 0 radical (unpaired) electrons. The molecule has 0 unspecified atom stereocenters. The number of hydrogen-bond acceptors (Lipinski definition) is 2. The Balaban J connectivity index is 2.14. The van der Waals surface area contributed by atoms with Gasteiger partial charge in [0.2, 0.25) is 0 Å². The molecule has 4 nitrogen and oxygen atoms in total. The second-order valence-electron chi connectivity index (χ2n) is 6.89. The van der Waals surface area contributed by atoms with Crippen LogP contribution in [0, 0.1) is 12.7 Å². The van der Waals surface area contributed by atoms with Crippen molar-refractivity contribution in [2.45, 2.75) is 26.1 Å². The number of carbonyl (C=O) groups excluding carboxylic acids is 1. The number of carbonyl (C=O) groups is 1. The third kappa shape index (κ3) is 2.75. The van der Waals surface area contributed by atoms with E-state index in [0.717, 1.165) is 17.2 Å². The van der Waals surface area contributed by atoms with Crippen LogP contribution in [0.1, 0.15) is 32.7 Å². The Morgan fingerprint density at radius 1 is 1.25 bits per heavy atom. The topological polar surface area (TPSA) is 70.9 Å². The zero-order chi connectivity index (χ0) is 20.2. The first kappa shape index (κ1) is 18.5. The molecule has 0 fully saturated rings. The van der Waals surface area contributed by atoms with E-state index < -0.39 is 23.6 Å². The maximum absolute atomic E-state index is 15.2. The van der Waals surface area contributed by atoms with E-state index >= 15 is 4.39 Å². The number of H-pyrrole nitrogens is 1. The first-order valence-electron chi connectivity index (χ1n) is 8.73. The Morgan fingerprint density at radius 2 is 2.00 bits per heavy atom. The van der Waals surface area contributed by atoms with Gasteiger partial charge in [-0.3, -0.25) is 4.79 Å². The fraction of sp³-hybridized carbons (Fsp3) is 0.250. The Labute approximate surface area is 157 Å². The summed E-state index contributed by atoms with van der Waals surface area (Å²) in [6.45, 7) is 2.56. The number of amides is 1. The number of alkyl halides is 3. The molecule has 1 amide bonds. The lowest BCUT2D eigenvalue weighted by Crippen LogP contribution is -2.24. The van der Waals surface area contributed by atoms with E-state index in [2.05, 4.69) is 10.3 Å². The lowest BCUT2D eigenvalue weighted by Gasteiger charge is -2.21. The van der Waals surface area contributed by atoms with Gasteiger partial charge in [-0.05, 0) is 48.2 Å². The normalized spacial score (nSPS) is 14.3. The number of fused-ring (bicyclic) bond motifs is 2. The van der Waals surface area contributed by atoms with Crippen LogP contribution in [-0.2, 0) is 19.1 Å².